The van der Waals surface area contributed by atoms with E-state index in [-0.39, 0.29) is 42.8 Å². The maximum Gasteiger partial charge on any atom is 0.416 e. The van der Waals surface area contributed by atoms with Crippen LogP contribution in [0, 0.1) is 13.8 Å². The van der Waals surface area contributed by atoms with Gasteiger partial charge < -0.3 is 19.2 Å². The molecule has 11 nitrogen and oxygen atoms in total. The van der Waals surface area contributed by atoms with E-state index in [4.69, 9.17) is 4.52 Å². The summed E-state index contributed by atoms with van der Waals surface area (Å²) in [6, 6.07) is 5.77. The monoisotopic (exact) mass is 625 g/mol. The molecule has 238 valence electrons. The van der Waals surface area contributed by atoms with Gasteiger partial charge in [-0.1, -0.05) is 23.9 Å². The molecule has 2 saturated heterocycles. The molecule has 0 saturated carbocycles. The van der Waals surface area contributed by atoms with Crippen molar-refractivity contribution >= 4 is 34.9 Å². The Kier molecular flexibility index (Phi) is 8.68. The molecule has 4 heterocycles. The molecular weight excluding hydrogens is 591 g/mol. The number of pyridine rings is 1. The van der Waals surface area contributed by atoms with Gasteiger partial charge in [0.1, 0.15) is 17.9 Å². The second-order valence-electron chi connectivity index (χ2n) is 11.3. The first-order valence-electron chi connectivity index (χ1n) is 14.5. The Balaban J connectivity index is 1.39. The number of nitrogens with zero attached hydrogens (tertiary/aromatic N) is 7. The number of halogens is 3. The minimum atomic E-state index is -4.64. The fourth-order valence-corrected chi connectivity index (χ4v) is 6.06. The van der Waals surface area contributed by atoms with Gasteiger partial charge in [-0.05, 0) is 62.9 Å². The average Bonchev–Trinajstić information content (AvgIpc) is 3.75. The fourth-order valence-electron chi connectivity index (χ4n) is 6.06. The SMILES string of the molecule is C=CC(=O)N1CCCC1c1nc(CN(C)c2c(C)cccc2N(C)C(=O)C2CCC(=O)N2c2cc(C(F)(F)F)cc(C)n2)no1. The Labute approximate surface area is 258 Å². The standard InChI is InChI=1S/C31H34F3N7O4/c1-6-26(42)40-14-8-11-22(40)29-36-24(37-45-29)17-38(4)28-18(2)9-7-10-21(28)39(5)30(44)23-12-13-27(43)41(23)25-16-20(31(32,33)34)15-19(3)35-25/h6-7,9-10,15-16,22-23H,1,8,11-14,17H2,2-5H3. The highest BCUT2D eigenvalue weighted by molar-refractivity contribution is 6.09. The molecule has 2 aliphatic heterocycles. The first-order chi connectivity index (χ1) is 21.3. The zero-order valence-electron chi connectivity index (χ0n) is 25.5. The summed E-state index contributed by atoms with van der Waals surface area (Å²) in [5, 5.41) is 4.13. The quantitative estimate of drug-likeness (QED) is 0.330. The zero-order chi connectivity index (χ0) is 32.6. The predicted octanol–water partition coefficient (Wildman–Crippen LogP) is 4.74. The number of hydrogen-bond acceptors (Lipinski definition) is 8. The van der Waals surface area contributed by atoms with Crippen LogP contribution in [-0.2, 0) is 27.1 Å². The summed E-state index contributed by atoms with van der Waals surface area (Å²) in [6.07, 6.45) is -1.74. The topological polar surface area (TPSA) is 116 Å². The lowest BCUT2D eigenvalue weighted by Crippen LogP contribution is -2.46. The first-order valence-corrected chi connectivity index (χ1v) is 14.5. The van der Waals surface area contributed by atoms with E-state index in [1.54, 1.807) is 24.1 Å². The number of alkyl halides is 3. The molecule has 2 aliphatic rings. The number of hydrogen-bond donors (Lipinski definition) is 0. The largest absolute Gasteiger partial charge is 0.416 e. The van der Waals surface area contributed by atoms with Crippen LogP contribution in [0.3, 0.4) is 0 Å². The minimum absolute atomic E-state index is 0.00121. The summed E-state index contributed by atoms with van der Waals surface area (Å²) in [4.78, 5) is 53.8. The summed E-state index contributed by atoms with van der Waals surface area (Å²) in [5.41, 5.74) is 1.19. The van der Waals surface area contributed by atoms with Gasteiger partial charge in [-0.2, -0.15) is 18.2 Å². The van der Waals surface area contributed by atoms with Crippen LogP contribution in [0.5, 0.6) is 0 Å². The molecule has 2 unspecified atom stereocenters. The predicted molar refractivity (Wildman–Crippen MR) is 159 cm³/mol. The Bertz CT molecular complexity index is 1640. The van der Waals surface area contributed by atoms with Crippen LogP contribution in [0.25, 0.3) is 0 Å². The molecular formula is C31H34F3N7O4. The van der Waals surface area contributed by atoms with E-state index in [1.807, 2.05) is 24.9 Å². The van der Waals surface area contributed by atoms with Gasteiger partial charge in [0.15, 0.2) is 5.82 Å². The Hall–Kier alpha value is -4.75. The van der Waals surface area contributed by atoms with Crippen LogP contribution < -0.4 is 14.7 Å². The van der Waals surface area contributed by atoms with Crippen molar-refractivity contribution in [1.29, 1.82) is 0 Å². The number of carbonyl (C=O) groups is 3. The molecule has 0 spiro atoms. The summed E-state index contributed by atoms with van der Waals surface area (Å²) in [5.74, 6) is -0.624. The molecule has 2 fully saturated rings. The lowest BCUT2D eigenvalue weighted by Gasteiger charge is -2.31. The molecule has 45 heavy (non-hydrogen) atoms. The van der Waals surface area contributed by atoms with Crippen LogP contribution in [0.4, 0.5) is 30.4 Å². The highest BCUT2D eigenvalue weighted by Gasteiger charge is 2.41. The molecule has 2 aromatic heterocycles. The van der Waals surface area contributed by atoms with Crippen LogP contribution in [0.15, 0.2) is 47.5 Å². The van der Waals surface area contributed by atoms with Crippen LogP contribution >= 0.6 is 0 Å². The lowest BCUT2D eigenvalue weighted by molar-refractivity contribution is -0.137. The number of likely N-dealkylation sites (N-methyl/N-ethyl adjacent to an activating group) is 1. The second-order valence-corrected chi connectivity index (χ2v) is 11.3. The maximum absolute atomic E-state index is 13.9. The van der Waals surface area contributed by atoms with Crippen molar-refractivity contribution in [3.8, 4) is 0 Å². The molecule has 5 rings (SSSR count). The van der Waals surface area contributed by atoms with E-state index in [2.05, 4.69) is 21.7 Å². The first kappa shape index (κ1) is 31.7. The number of rotatable bonds is 8. The lowest BCUT2D eigenvalue weighted by atomic mass is 10.1. The second kappa shape index (κ2) is 12.3. The number of amides is 3. The fraction of sp³-hybridized carbons (Fsp3) is 0.419. The average molecular weight is 626 g/mol. The number of benzene rings is 1. The summed E-state index contributed by atoms with van der Waals surface area (Å²) in [7, 11) is 3.38. The molecule has 0 bridgehead atoms. The third kappa shape index (κ3) is 6.26. The Morgan fingerprint density at radius 1 is 1.16 bits per heavy atom. The number of carbonyl (C=O) groups excluding carboxylic acids is 3. The van der Waals surface area contributed by atoms with Crippen molar-refractivity contribution in [3.63, 3.8) is 0 Å². The molecule has 3 aromatic rings. The normalized spacial score (nSPS) is 18.4. The molecule has 14 heteroatoms. The number of anilines is 3. The van der Waals surface area contributed by atoms with Crippen molar-refractivity contribution in [1.82, 2.24) is 20.0 Å². The number of likely N-dealkylation sites (tertiary alicyclic amines) is 1. The van der Waals surface area contributed by atoms with E-state index >= 15 is 0 Å². The number of para-hydroxylation sites is 1. The van der Waals surface area contributed by atoms with Crippen LogP contribution in [0.2, 0.25) is 0 Å². The number of aryl methyl sites for hydroxylation is 2. The van der Waals surface area contributed by atoms with Crippen molar-refractivity contribution in [2.24, 2.45) is 0 Å². The molecule has 1 aromatic carbocycles. The van der Waals surface area contributed by atoms with Crippen molar-refractivity contribution in [3.05, 3.63) is 71.5 Å². The van der Waals surface area contributed by atoms with E-state index in [0.717, 1.165) is 29.0 Å². The van der Waals surface area contributed by atoms with Crippen molar-refractivity contribution < 1.29 is 32.1 Å². The summed E-state index contributed by atoms with van der Waals surface area (Å²) >= 11 is 0. The van der Waals surface area contributed by atoms with Crippen molar-refractivity contribution in [2.75, 3.05) is 35.3 Å². The number of aromatic nitrogens is 3. The summed E-state index contributed by atoms with van der Waals surface area (Å²) < 4.78 is 46.2. The molecule has 3 amide bonds. The van der Waals surface area contributed by atoms with Gasteiger partial charge in [0.05, 0.1) is 23.5 Å². The van der Waals surface area contributed by atoms with E-state index in [9.17, 15) is 27.6 Å². The molecule has 0 N–H and O–H groups in total. The van der Waals surface area contributed by atoms with Crippen LogP contribution in [0.1, 0.15) is 60.3 Å². The van der Waals surface area contributed by atoms with Crippen LogP contribution in [-0.4, -0.2) is 64.4 Å². The zero-order valence-corrected chi connectivity index (χ0v) is 25.5. The van der Waals surface area contributed by atoms with E-state index < -0.39 is 29.6 Å². The molecule has 2 atom stereocenters. The smallest absolute Gasteiger partial charge is 0.365 e. The van der Waals surface area contributed by atoms with Gasteiger partial charge in [-0.25, -0.2) is 4.98 Å². The van der Waals surface area contributed by atoms with Gasteiger partial charge >= 0.3 is 6.18 Å². The molecule has 0 radical (unpaired) electrons. The minimum Gasteiger partial charge on any atom is -0.365 e. The van der Waals surface area contributed by atoms with Gasteiger partial charge in [-0.15, -0.1) is 0 Å². The summed E-state index contributed by atoms with van der Waals surface area (Å²) in [6.45, 7) is 7.65. The van der Waals surface area contributed by atoms with E-state index in [0.29, 0.717) is 36.1 Å². The maximum atomic E-state index is 13.9. The van der Waals surface area contributed by atoms with Gasteiger partial charge in [-0.3, -0.25) is 19.3 Å². The van der Waals surface area contributed by atoms with Crippen molar-refractivity contribution in [2.45, 2.75) is 64.3 Å². The third-order valence-electron chi connectivity index (χ3n) is 8.16. The third-order valence-corrected chi connectivity index (χ3v) is 8.16. The highest BCUT2D eigenvalue weighted by atomic mass is 19.4. The van der Waals surface area contributed by atoms with Gasteiger partial charge in [0, 0.05) is 32.8 Å². The van der Waals surface area contributed by atoms with Gasteiger partial charge in [0.25, 0.3) is 0 Å². The Morgan fingerprint density at radius 2 is 1.91 bits per heavy atom. The Morgan fingerprint density at radius 3 is 2.62 bits per heavy atom. The molecule has 0 aliphatic carbocycles. The van der Waals surface area contributed by atoms with Gasteiger partial charge in [0.2, 0.25) is 23.6 Å². The highest BCUT2D eigenvalue weighted by Crippen LogP contribution is 2.37. The van der Waals surface area contributed by atoms with E-state index in [1.165, 1.54) is 17.9 Å².